The minimum Gasteiger partial charge on any atom is -0.336 e. The highest BCUT2D eigenvalue weighted by molar-refractivity contribution is 5.92. The number of carbonyl (C=O) groups excluding carboxylic acids is 1. The fraction of sp³-hybridized carbons (Fsp3) is 0.714. The monoisotopic (exact) mass is 279 g/mol. The Kier molecular flexibility index (Phi) is 5.14. The molecule has 1 fully saturated rings. The van der Waals surface area contributed by atoms with Gasteiger partial charge in [-0.3, -0.25) is 9.48 Å². The van der Waals surface area contributed by atoms with Crippen LogP contribution in [0.15, 0.2) is 12.3 Å². The summed E-state index contributed by atoms with van der Waals surface area (Å²) >= 11 is 0. The van der Waals surface area contributed by atoms with Gasteiger partial charge in [0.25, 0.3) is 5.91 Å². The molecule has 0 spiro atoms. The van der Waals surface area contributed by atoms with Gasteiger partial charge in [-0.2, -0.15) is 5.10 Å². The average Bonchev–Trinajstić information content (AvgIpc) is 2.73. The Morgan fingerprint density at radius 2 is 2.20 bits per heavy atom. The van der Waals surface area contributed by atoms with Crippen LogP contribution in [-0.2, 0) is 7.05 Å². The predicted molar refractivity (Wildman–Crippen MR) is 78.4 cm³/mol. The van der Waals surface area contributed by atoms with E-state index in [0.717, 1.165) is 39.1 Å². The fourth-order valence-electron chi connectivity index (χ4n) is 2.62. The highest BCUT2D eigenvalue weighted by atomic mass is 16.2. The van der Waals surface area contributed by atoms with Crippen LogP contribution in [0.25, 0.3) is 0 Å². The topological polar surface area (TPSA) is 67.4 Å². The van der Waals surface area contributed by atoms with Crippen molar-refractivity contribution in [1.82, 2.24) is 19.6 Å². The normalized spacial score (nSPS) is 18.9. The van der Waals surface area contributed by atoms with Gasteiger partial charge in [0.2, 0.25) is 0 Å². The number of nitrogens with two attached hydrogens (primary N) is 1. The Balaban J connectivity index is 1.93. The molecular formula is C14H25N5O. The van der Waals surface area contributed by atoms with E-state index in [1.54, 1.807) is 24.0 Å². The molecule has 1 aliphatic rings. The largest absolute Gasteiger partial charge is 0.336 e. The molecule has 1 unspecified atom stereocenters. The summed E-state index contributed by atoms with van der Waals surface area (Å²) in [5.74, 6) is 0.591. The second kappa shape index (κ2) is 6.85. The maximum absolute atomic E-state index is 12.4. The number of aryl methyl sites for hydroxylation is 1. The smallest absolute Gasteiger partial charge is 0.272 e. The van der Waals surface area contributed by atoms with Crippen LogP contribution in [0.5, 0.6) is 0 Å². The van der Waals surface area contributed by atoms with Crippen LogP contribution in [0, 0.1) is 5.92 Å². The zero-order valence-corrected chi connectivity index (χ0v) is 12.5. The third-order valence-electron chi connectivity index (χ3n) is 3.89. The van der Waals surface area contributed by atoms with Crippen molar-refractivity contribution < 1.29 is 4.79 Å². The summed E-state index contributed by atoms with van der Waals surface area (Å²) in [6.07, 6.45) is 2.68. The van der Waals surface area contributed by atoms with Gasteiger partial charge in [0.15, 0.2) is 0 Å². The van der Waals surface area contributed by atoms with Gasteiger partial charge in [0, 0.05) is 39.4 Å². The molecule has 0 bridgehead atoms. The van der Waals surface area contributed by atoms with Gasteiger partial charge in [-0.05, 0) is 31.5 Å². The first kappa shape index (κ1) is 15.0. The number of nitrogens with zero attached hydrogens (tertiary/aromatic N) is 4. The first-order valence-electron chi connectivity index (χ1n) is 7.31. The van der Waals surface area contributed by atoms with Crippen LogP contribution in [-0.4, -0.2) is 64.8 Å². The summed E-state index contributed by atoms with van der Waals surface area (Å²) in [6, 6.07) is 1.78. The maximum atomic E-state index is 12.4. The van der Waals surface area contributed by atoms with Crippen molar-refractivity contribution in [2.45, 2.75) is 13.3 Å². The van der Waals surface area contributed by atoms with Gasteiger partial charge in [0.1, 0.15) is 5.69 Å². The minimum atomic E-state index is 0.0822. The van der Waals surface area contributed by atoms with Crippen molar-refractivity contribution in [1.29, 1.82) is 0 Å². The van der Waals surface area contributed by atoms with Crippen molar-refractivity contribution in [2.24, 2.45) is 18.7 Å². The second-order valence-corrected chi connectivity index (χ2v) is 5.63. The Bertz CT molecular complexity index is 445. The van der Waals surface area contributed by atoms with E-state index in [1.165, 1.54) is 0 Å². The molecule has 6 nitrogen and oxygen atoms in total. The summed E-state index contributed by atoms with van der Waals surface area (Å²) in [4.78, 5) is 16.8. The van der Waals surface area contributed by atoms with E-state index < -0.39 is 0 Å². The van der Waals surface area contributed by atoms with E-state index in [-0.39, 0.29) is 5.91 Å². The molecule has 1 atom stereocenters. The number of aromatic nitrogens is 2. The lowest BCUT2D eigenvalue weighted by Crippen LogP contribution is -2.37. The molecule has 1 aromatic rings. The molecule has 1 aliphatic heterocycles. The molecule has 20 heavy (non-hydrogen) atoms. The molecule has 0 saturated carbocycles. The maximum Gasteiger partial charge on any atom is 0.272 e. The van der Waals surface area contributed by atoms with Crippen LogP contribution in [0.3, 0.4) is 0 Å². The lowest BCUT2D eigenvalue weighted by molar-refractivity contribution is 0.0749. The van der Waals surface area contributed by atoms with Gasteiger partial charge < -0.3 is 15.5 Å². The van der Waals surface area contributed by atoms with E-state index >= 15 is 0 Å². The number of amides is 1. The van der Waals surface area contributed by atoms with E-state index in [9.17, 15) is 4.79 Å². The lowest BCUT2D eigenvalue weighted by Gasteiger charge is -2.24. The van der Waals surface area contributed by atoms with Crippen molar-refractivity contribution in [2.75, 3.05) is 39.3 Å². The van der Waals surface area contributed by atoms with E-state index in [2.05, 4.69) is 16.9 Å². The average molecular weight is 279 g/mol. The van der Waals surface area contributed by atoms with Crippen molar-refractivity contribution in [3.8, 4) is 0 Å². The van der Waals surface area contributed by atoms with Gasteiger partial charge in [-0.25, -0.2) is 0 Å². The molecule has 2 heterocycles. The first-order valence-corrected chi connectivity index (χ1v) is 7.31. The van der Waals surface area contributed by atoms with Crippen LogP contribution in [0.1, 0.15) is 23.8 Å². The Morgan fingerprint density at radius 3 is 2.85 bits per heavy atom. The molecule has 112 valence electrons. The van der Waals surface area contributed by atoms with Crippen LogP contribution >= 0.6 is 0 Å². The lowest BCUT2D eigenvalue weighted by atomic mass is 10.1. The van der Waals surface area contributed by atoms with Crippen molar-refractivity contribution in [3.05, 3.63) is 18.0 Å². The van der Waals surface area contributed by atoms with Crippen LogP contribution in [0.2, 0.25) is 0 Å². The van der Waals surface area contributed by atoms with Crippen molar-refractivity contribution in [3.63, 3.8) is 0 Å². The molecule has 2 N–H and O–H groups in total. The summed E-state index contributed by atoms with van der Waals surface area (Å²) in [7, 11) is 1.81. The number of carbonyl (C=O) groups is 1. The summed E-state index contributed by atoms with van der Waals surface area (Å²) in [6.45, 7) is 7.47. The van der Waals surface area contributed by atoms with E-state index in [4.69, 9.17) is 5.73 Å². The van der Waals surface area contributed by atoms with Crippen LogP contribution in [0.4, 0.5) is 0 Å². The van der Waals surface area contributed by atoms with Crippen LogP contribution < -0.4 is 5.73 Å². The number of hydrogen-bond acceptors (Lipinski definition) is 4. The third-order valence-corrected chi connectivity index (χ3v) is 3.89. The minimum absolute atomic E-state index is 0.0822. The van der Waals surface area contributed by atoms with Gasteiger partial charge in [0.05, 0.1) is 0 Å². The van der Waals surface area contributed by atoms with E-state index in [1.807, 2.05) is 4.90 Å². The number of rotatable bonds is 4. The fourth-order valence-corrected chi connectivity index (χ4v) is 2.62. The first-order chi connectivity index (χ1) is 9.61. The van der Waals surface area contributed by atoms with Gasteiger partial charge in [-0.1, -0.05) is 6.92 Å². The molecule has 0 aromatic carbocycles. The highest BCUT2D eigenvalue weighted by Crippen LogP contribution is 2.10. The summed E-state index contributed by atoms with van der Waals surface area (Å²) < 4.78 is 1.64. The van der Waals surface area contributed by atoms with Crippen molar-refractivity contribution >= 4 is 5.91 Å². The summed E-state index contributed by atoms with van der Waals surface area (Å²) in [5, 5.41) is 4.07. The molecule has 2 rings (SSSR count). The van der Waals surface area contributed by atoms with E-state index in [0.29, 0.717) is 18.2 Å². The molecule has 0 radical (unpaired) electrons. The molecule has 1 aromatic heterocycles. The van der Waals surface area contributed by atoms with Gasteiger partial charge >= 0.3 is 0 Å². The molecule has 1 saturated heterocycles. The molecule has 0 aliphatic carbocycles. The Labute approximate surface area is 120 Å². The SMILES string of the molecule is CC(CN)CN1CCCN(C(=O)c2ccnn2C)CC1. The molecule has 6 heteroatoms. The zero-order valence-electron chi connectivity index (χ0n) is 12.5. The summed E-state index contributed by atoms with van der Waals surface area (Å²) in [5.41, 5.74) is 6.34. The number of hydrogen-bond donors (Lipinski definition) is 1. The standard InChI is InChI=1S/C14H25N5O/c1-12(10-15)11-18-6-3-7-19(9-8-18)14(20)13-4-5-16-17(13)2/h4-5,12H,3,6-11,15H2,1-2H3. The molecule has 1 amide bonds. The quantitative estimate of drug-likeness (QED) is 0.853. The predicted octanol–water partition coefficient (Wildman–Crippen LogP) is 0.163. The third kappa shape index (κ3) is 3.58. The Hall–Kier alpha value is -1.40. The highest BCUT2D eigenvalue weighted by Gasteiger charge is 2.22. The Morgan fingerprint density at radius 1 is 1.40 bits per heavy atom. The zero-order chi connectivity index (χ0) is 14.5. The van der Waals surface area contributed by atoms with Gasteiger partial charge in [-0.15, -0.1) is 0 Å². The second-order valence-electron chi connectivity index (χ2n) is 5.63. The molecular weight excluding hydrogens is 254 g/mol.